The highest BCUT2D eigenvalue weighted by atomic mass is 28.4. The van der Waals surface area contributed by atoms with Crippen molar-refractivity contribution in [2.45, 2.75) is 51.2 Å². The molecule has 0 aliphatic carbocycles. The van der Waals surface area contributed by atoms with E-state index in [-0.39, 0.29) is 11.1 Å². The average molecular weight is 281 g/mol. The molecule has 0 amide bonds. The van der Waals surface area contributed by atoms with Crippen LogP contribution in [-0.4, -0.2) is 46.7 Å². The van der Waals surface area contributed by atoms with Crippen molar-refractivity contribution < 1.29 is 17.7 Å². The van der Waals surface area contributed by atoms with E-state index in [1.54, 1.807) is 21.3 Å². The number of rotatable bonds is 9. The van der Waals surface area contributed by atoms with Gasteiger partial charge in [0, 0.05) is 31.6 Å². The summed E-state index contributed by atoms with van der Waals surface area (Å²) in [5, 5.41) is 0.184. The van der Waals surface area contributed by atoms with Crippen LogP contribution in [0.15, 0.2) is 0 Å². The molecule has 0 bridgehead atoms. The molecule has 0 heterocycles. The molecule has 0 aromatic rings. The van der Waals surface area contributed by atoms with Gasteiger partial charge in [0.15, 0.2) is 0 Å². The molecule has 0 aromatic carbocycles. The minimum atomic E-state index is -2.92. The first-order valence-corrected chi connectivity index (χ1v) is 8.81. The predicted molar refractivity (Wildman–Crippen MR) is 75.2 cm³/mol. The minimum Gasteiger partial charge on any atom is -0.355 e. The molecule has 0 aliphatic rings. The Hall–Kier alpha value is 0.274. The van der Waals surface area contributed by atoms with Crippen molar-refractivity contribution in [3.05, 3.63) is 0 Å². The van der Waals surface area contributed by atoms with Crippen LogP contribution in [0, 0.1) is 0 Å². The van der Waals surface area contributed by atoms with Gasteiger partial charge < -0.3 is 17.7 Å². The van der Waals surface area contributed by atoms with Crippen LogP contribution in [0.25, 0.3) is 0 Å². The molecule has 0 spiro atoms. The third-order valence-electron chi connectivity index (χ3n) is 2.82. The first-order valence-electron chi connectivity index (χ1n) is 6.18. The van der Waals surface area contributed by atoms with Crippen molar-refractivity contribution in [1.29, 1.82) is 0 Å². The monoisotopic (exact) mass is 280 g/mol. The van der Waals surface area contributed by atoms with Gasteiger partial charge in [0.2, 0.25) is 0 Å². The van der Waals surface area contributed by atoms with Gasteiger partial charge in [-0.3, -0.25) is 0 Å². The normalized spacial score (nSPS) is 15.2. The Morgan fingerprint density at radius 2 is 1.59 bits per heavy atom. The SMILES string of the molecule is CCCCC(O[Si](OC)(OC)OC)C(C)(C)[SiH3]. The average Bonchev–Trinajstić information content (AvgIpc) is 2.29. The number of hydrogen-bond acceptors (Lipinski definition) is 4. The van der Waals surface area contributed by atoms with E-state index in [0.717, 1.165) is 23.1 Å². The molecule has 0 saturated carbocycles. The van der Waals surface area contributed by atoms with Crippen molar-refractivity contribution in [3.8, 4) is 0 Å². The molecule has 104 valence electrons. The summed E-state index contributed by atoms with van der Waals surface area (Å²) in [5.41, 5.74) is 0. The molecule has 0 aromatic heterocycles. The topological polar surface area (TPSA) is 36.9 Å². The lowest BCUT2D eigenvalue weighted by molar-refractivity contribution is -0.0348. The summed E-state index contributed by atoms with van der Waals surface area (Å²) in [5.74, 6) is 0. The van der Waals surface area contributed by atoms with E-state index in [2.05, 4.69) is 20.8 Å². The molecule has 0 fully saturated rings. The van der Waals surface area contributed by atoms with E-state index in [9.17, 15) is 0 Å². The van der Waals surface area contributed by atoms with E-state index in [1.807, 2.05) is 0 Å². The van der Waals surface area contributed by atoms with Crippen LogP contribution in [0.3, 0.4) is 0 Å². The summed E-state index contributed by atoms with van der Waals surface area (Å²) < 4.78 is 22.0. The van der Waals surface area contributed by atoms with Crippen molar-refractivity contribution in [2.75, 3.05) is 21.3 Å². The van der Waals surface area contributed by atoms with Crippen molar-refractivity contribution in [1.82, 2.24) is 0 Å². The van der Waals surface area contributed by atoms with Crippen molar-refractivity contribution in [3.63, 3.8) is 0 Å². The highest BCUT2D eigenvalue weighted by Gasteiger charge is 2.46. The maximum atomic E-state index is 6.06. The second-order valence-electron chi connectivity index (χ2n) is 5.23. The highest BCUT2D eigenvalue weighted by molar-refractivity contribution is 6.53. The summed E-state index contributed by atoms with van der Waals surface area (Å²) in [4.78, 5) is 0. The lowest BCUT2D eigenvalue weighted by Gasteiger charge is -2.36. The summed E-state index contributed by atoms with van der Waals surface area (Å²) in [7, 11) is 2.88. The van der Waals surface area contributed by atoms with Crippen LogP contribution in [0.4, 0.5) is 0 Å². The zero-order valence-corrected chi connectivity index (χ0v) is 15.3. The summed E-state index contributed by atoms with van der Waals surface area (Å²) >= 11 is 0. The Morgan fingerprint density at radius 1 is 1.12 bits per heavy atom. The molecule has 0 radical (unpaired) electrons. The third-order valence-corrected chi connectivity index (χ3v) is 5.54. The van der Waals surface area contributed by atoms with Gasteiger partial charge >= 0.3 is 9.05 Å². The van der Waals surface area contributed by atoms with Gasteiger partial charge in [0.1, 0.15) is 0 Å². The molecule has 0 rings (SSSR count). The maximum Gasteiger partial charge on any atom is 0.679 e. The minimum absolute atomic E-state index is 0.139. The Bertz CT molecular complexity index is 194. The van der Waals surface area contributed by atoms with E-state index in [1.165, 1.54) is 6.42 Å². The van der Waals surface area contributed by atoms with Gasteiger partial charge in [-0.15, -0.1) is 0 Å². The second kappa shape index (κ2) is 7.65. The molecule has 4 nitrogen and oxygen atoms in total. The fraction of sp³-hybridized carbons (Fsp3) is 1.00. The van der Waals surface area contributed by atoms with E-state index in [0.29, 0.717) is 0 Å². The second-order valence-corrected chi connectivity index (χ2v) is 10.3. The summed E-state index contributed by atoms with van der Waals surface area (Å²) in [6.45, 7) is 6.63. The van der Waals surface area contributed by atoms with Crippen LogP contribution in [0.2, 0.25) is 5.04 Å². The largest absolute Gasteiger partial charge is 0.679 e. The first kappa shape index (κ1) is 17.3. The van der Waals surface area contributed by atoms with Gasteiger partial charge in [-0.05, 0) is 11.5 Å². The molecule has 6 heteroatoms. The van der Waals surface area contributed by atoms with Crippen molar-refractivity contribution >= 4 is 19.3 Å². The van der Waals surface area contributed by atoms with Crippen LogP contribution >= 0.6 is 0 Å². The maximum absolute atomic E-state index is 6.06. The van der Waals surface area contributed by atoms with Gasteiger partial charge in [0.05, 0.1) is 6.10 Å². The Kier molecular flexibility index (Phi) is 7.78. The quantitative estimate of drug-likeness (QED) is 0.600. The fourth-order valence-corrected chi connectivity index (χ4v) is 3.88. The third kappa shape index (κ3) is 5.63. The first-order chi connectivity index (χ1) is 7.85. The molecule has 1 atom stereocenters. The summed E-state index contributed by atoms with van der Waals surface area (Å²) in [6.07, 6.45) is 3.48. The van der Waals surface area contributed by atoms with Crippen LogP contribution < -0.4 is 0 Å². The Labute approximate surface area is 110 Å². The number of unbranched alkanes of at least 4 members (excludes halogenated alkanes) is 1. The van der Waals surface area contributed by atoms with Gasteiger partial charge in [-0.2, -0.15) is 0 Å². The van der Waals surface area contributed by atoms with E-state index in [4.69, 9.17) is 17.7 Å². The fourth-order valence-electron chi connectivity index (χ4n) is 1.63. The number of hydrogen-bond donors (Lipinski definition) is 0. The zero-order valence-electron chi connectivity index (χ0n) is 12.3. The smallest absolute Gasteiger partial charge is 0.355 e. The molecule has 17 heavy (non-hydrogen) atoms. The Balaban J connectivity index is 4.70. The van der Waals surface area contributed by atoms with Gasteiger partial charge in [0.25, 0.3) is 0 Å². The van der Waals surface area contributed by atoms with E-state index < -0.39 is 9.05 Å². The molecule has 0 aliphatic heterocycles. The van der Waals surface area contributed by atoms with Crippen LogP contribution in [-0.2, 0) is 17.7 Å². The van der Waals surface area contributed by atoms with E-state index >= 15 is 0 Å². The van der Waals surface area contributed by atoms with Gasteiger partial charge in [-0.25, -0.2) is 0 Å². The predicted octanol–water partition coefficient (Wildman–Crippen LogP) is 1.50. The zero-order chi connectivity index (χ0) is 13.5. The lowest BCUT2D eigenvalue weighted by atomic mass is 10.0. The van der Waals surface area contributed by atoms with Crippen LogP contribution in [0.5, 0.6) is 0 Å². The van der Waals surface area contributed by atoms with Gasteiger partial charge in [-0.1, -0.05) is 33.6 Å². The molecule has 0 N–H and O–H groups in total. The van der Waals surface area contributed by atoms with Crippen LogP contribution in [0.1, 0.15) is 40.0 Å². The summed E-state index contributed by atoms with van der Waals surface area (Å²) in [6, 6.07) is 0. The highest BCUT2D eigenvalue weighted by Crippen LogP contribution is 2.33. The molecule has 1 unspecified atom stereocenters. The van der Waals surface area contributed by atoms with Crippen molar-refractivity contribution in [2.24, 2.45) is 0 Å². The molecular weight excluding hydrogens is 252 g/mol. The molecular formula is C11H28O4Si2. The standard InChI is InChI=1S/C11H28O4Si2/c1-7-8-9-10(11(2,3)16)15-17(12-4,13-5)14-6/h10H,7-9H2,1-6,16H3. The Morgan fingerprint density at radius 3 is 1.88 bits per heavy atom. The lowest BCUT2D eigenvalue weighted by Crippen LogP contribution is -2.51. The molecule has 0 saturated heterocycles.